The van der Waals surface area contributed by atoms with Gasteiger partial charge in [0.05, 0.1) is 0 Å². The Bertz CT molecular complexity index is 834. The molecular weight excluding hydrogens is 318 g/mol. The summed E-state index contributed by atoms with van der Waals surface area (Å²) in [5.74, 6) is 0.695. The summed E-state index contributed by atoms with van der Waals surface area (Å²) in [6.07, 6.45) is 0.483. The first-order chi connectivity index (χ1) is 12.6. The van der Waals surface area contributed by atoms with Gasteiger partial charge in [-0.1, -0.05) is 80.6 Å². The zero-order chi connectivity index (χ0) is 18.4. The number of carbonyl (C=O) groups excluding carboxylic acids is 1. The largest absolute Gasteiger partial charge is 0.385 e. The van der Waals surface area contributed by atoms with E-state index in [4.69, 9.17) is 0 Å². The normalized spacial score (nSPS) is 10.7. The summed E-state index contributed by atoms with van der Waals surface area (Å²) >= 11 is 0. The molecule has 0 saturated carbocycles. The molecule has 0 spiro atoms. The van der Waals surface area contributed by atoms with E-state index in [-0.39, 0.29) is 5.78 Å². The molecule has 3 aromatic rings. The van der Waals surface area contributed by atoms with Crippen molar-refractivity contribution < 1.29 is 4.79 Å². The lowest BCUT2D eigenvalue weighted by Crippen LogP contribution is -2.09. The Morgan fingerprint density at radius 1 is 0.808 bits per heavy atom. The lowest BCUT2D eigenvalue weighted by molar-refractivity contribution is 0.0986. The molecule has 2 nitrogen and oxygen atoms in total. The molecule has 0 aromatic heterocycles. The van der Waals surface area contributed by atoms with Crippen LogP contribution in [0.5, 0.6) is 0 Å². The Balaban J connectivity index is 1.53. The topological polar surface area (TPSA) is 29.1 Å². The highest BCUT2D eigenvalue weighted by molar-refractivity contribution is 5.96. The van der Waals surface area contributed by atoms with Gasteiger partial charge in [-0.25, -0.2) is 0 Å². The van der Waals surface area contributed by atoms with Crippen LogP contribution in [-0.2, 0) is 0 Å². The van der Waals surface area contributed by atoms with Gasteiger partial charge < -0.3 is 5.32 Å². The molecule has 0 aliphatic carbocycles. The number of benzene rings is 3. The van der Waals surface area contributed by atoms with Gasteiger partial charge in [-0.2, -0.15) is 0 Å². The van der Waals surface area contributed by atoms with Gasteiger partial charge in [0.15, 0.2) is 5.78 Å². The van der Waals surface area contributed by atoms with Gasteiger partial charge in [0.25, 0.3) is 0 Å². The lowest BCUT2D eigenvalue weighted by atomic mass is 10.0. The Labute approximate surface area is 155 Å². The van der Waals surface area contributed by atoms with E-state index in [9.17, 15) is 4.79 Å². The van der Waals surface area contributed by atoms with Crippen molar-refractivity contribution >= 4 is 11.5 Å². The Kier molecular flexibility index (Phi) is 5.85. The van der Waals surface area contributed by atoms with Crippen molar-refractivity contribution in [1.82, 2.24) is 0 Å². The Hall–Kier alpha value is -2.87. The van der Waals surface area contributed by atoms with Crippen LogP contribution in [0.3, 0.4) is 0 Å². The highest BCUT2D eigenvalue weighted by Gasteiger charge is 2.06. The molecular formula is C24H25NO. The minimum Gasteiger partial charge on any atom is -0.385 e. The summed E-state index contributed by atoms with van der Waals surface area (Å²) < 4.78 is 0. The SMILES string of the molecule is CC(C)c1ccc(NCCC(=O)c2ccc(-c3ccccc3)cc2)cc1. The predicted molar refractivity (Wildman–Crippen MR) is 110 cm³/mol. The average Bonchev–Trinajstić information content (AvgIpc) is 2.69. The van der Waals surface area contributed by atoms with Gasteiger partial charge in [0.1, 0.15) is 0 Å². The van der Waals surface area contributed by atoms with Crippen LogP contribution in [0, 0.1) is 0 Å². The zero-order valence-corrected chi connectivity index (χ0v) is 15.4. The molecule has 0 heterocycles. The highest BCUT2D eigenvalue weighted by Crippen LogP contribution is 2.20. The van der Waals surface area contributed by atoms with E-state index < -0.39 is 0 Å². The Morgan fingerprint density at radius 2 is 1.42 bits per heavy atom. The van der Waals surface area contributed by atoms with E-state index in [1.165, 1.54) is 5.56 Å². The molecule has 0 atom stereocenters. The fourth-order valence-electron chi connectivity index (χ4n) is 2.93. The van der Waals surface area contributed by atoms with E-state index in [0.29, 0.717) is 18.9 Å². The maximum absolute atomic E-state index is 12.4. The second-order valence-electron chi connectivity index (χ2n) is 6.82. The first kappa shape index (κ1) is 17.9. The van der Waals surface area contributed by atoms with Crippen LogP contribution < -0.4 is 5.32 Å². The van der Waals surface area contributed by atoms with Crippen LogP contribution in [0.4, 0.5) is 5.69 Å². The van der Waals surface area contributed by atoms with E-state index in [1.54, 1.807) is 0 Å². The van der Waals surface area contributed by atoms with Crippen molar-refractivity contribution in [3.63, 3.8) is 0 Å². The van der Waals surface area contributed by atoms with Crippen molar-refractivity contribution in [2.75, 3.05) is 11.9 Å². The number of nitrogens with one attached hydrogen (secondary N) is 1. The van der Waals surface area contributed by atoms with Crippen LogP contribution >= 0.6 is 0 Å². The van der Waals surface area contributed by atoms with Crippen molar-refractivity contribution in [3.05, 3.63) is 90.0 Å². The molecule has 0 radical (unpaired) electrons. The van der Waals surface area contributed by atoms with Crippen LogP contribution in [0.1, 0.15) is 42.1 Å². The first-order valence-corrected chi connectivity index (χ1v) is 9.16. The summed E-state index contributed by atoms with van der Waals surface area (Å²) in [6, 6.07) is 26.5. The van der Waals surface area contributed by atoms with Crippen molar-refractivity contribution in [3.8, 4) is 11.1 Å². The number of Topliss-reactive ketones (excluding diaryl/α,β-unsaturated/α-hetero) is 1. The standard InChI is InChI=1S/C24H25NO/c1-18(2)19-12-14-23(15-13-19)25-17-16-24(26)22-10-8-21(9-11-22)20-6-4-3-5-7-20/h3-15,18,25H,16-17H2,1-2H3. The molecule has 0 bridgehead atoms. The number of anilines is 1. The minimum atomic E-state index is 0.163. The van der Waals surface area contributed by atoms with Crippen LogP contribution in [0.2, 0.25) is 0 Å². The number of rotatable bonds is 7. The fraction of sp³-hybridized carbons (Fsp3) is 0.208. The van der Waals surface area contributed by atoms with Gasteiger partial charge in [0, 0.05) is 24.2 Å². The fourth-order valence-corrected chi connectivity index (χ4v) is 2.93. The second kappa shape index (κ2) is 8.48. The summed E-state index contributed by atoms with van der Waals surface area (Å²) in [4.78, 5) is 12.4. The second-order valence-corrected chi connectivity index (χ2v) is 6.82. The smallest absolute Gasteiger partial charge is 0.164 e. The molecule has 1 N–H and O–H groups in total. The molecule has 0 amide bonds. The molecule has 0 fully saturated rings. The Morgan fingerprint density at radius 3 is 2.04 bits per heavy atom. The maximum Gasteiger partial charge on any atom is 0.164 e. The van der Waals surface area contributed by atoms with Gasteiger partial charge >= 0.3 is 0 Å². The zero-order valence-electron chi connectivity index (χ0n) is 15.4. The summed E-state index contributed by atoms with van der Waals surface area (Å²) in [7, 11) is 0. The van der Waals surface area contributed by atoms with Crippen molar-refractivity contribution in [2.45, 2.75) is 26.2 Å². The summed E-state index contributed by atoms with van der Waals surface area (Å²) in [5.41, 5.74) is 5.44. The third-order valence-corrected chi connectivity index (χ3v) is 4.57. The summed E-state index contributed by atoms with van der Waals surface area (Å²) in [5, 5.41) is 3.33. The molecule has 0 aliphatic rings. The van der Waals surface area contributed by atoms with E-state index in [2.05, 4.69) is 55.6 Å². The number of carbonyl (C=O) groups is 1. The van der Waals surface area contributed by atoms with Crippen LogP contribution in [0.15, 0.2) is 78.9 Å². The highest BCUT2D eigenvalue weighted by atomic mass is 16.1. The number of hydrogen-bond donors (Lipinski definition) is 1. The molecule has 132 valence electrons. The van der Waals surface area contributed by atoms with Crippen molar-refractivity contribution in [1.29, 1.82) is 0 Å². The molecule has 26 heavy (non-hydrogen) atoms. The van der Waals surface area contributed by atoms with Crippen molar-refractivity contribution in [2.24, 2.45) is 0 Å². The van der Waals surface area contributed by atoms with Gasteiger partial charge in [-0.3, -0.25) is 4.79 Å². The predicted octanol–water partition coefficient (Wildman–Crippen LogP) is 6.16. The van der Waals surface area contributed by atoms with Gasteiger partial charge in [-0.05, 0) is 34.7 Å². The average molecular weight is 343 g/mol. The van der Waals surface area contributed by atoms with Gasteiger partial charge in [0.2, 0.25) is 0 Å². The first-order valence-electron chi connectivity index (χ1n) is 9.16. The molecule has 2 heteroatoms. The summed E-state index contributed by atoms with van der Waals surface area (Å²) in [6.45, 7) is 5.01. The maximum atomic E-state index is 12.4. The molecule has 3 rings (SSSR count). The molecule has 0 aliphatic heterocycles. The van der Waals surface area contributed by atoms with Crippen LogP contribution in [0.25, 0.3) is 11.1 Å². The minimum absolute atomic E-state index is 0.163. The molecule has 3 aromatic carbocycles. The third kappa shape index (κ3) is 4.60. The van der Waals surface area contributed by atoms with E-state index in [1.807, 2.05) is 42.5 Å². The molecule has 0 unspecified atom stereocenters. The number of hydrogen-bond acceptors (Lipinski definition) is 2. The van der Waals surface area contributed by atoms with E-state index in [0.717, 1.165) is 22.4 Å². The molecule has 0 saturated heterocycles. The quantitative estimate of drug-likeness (QED) is 0.520. The van der Waals surface area contributed by atoms with E-state index >= 15 is 0 Å². The van der Waals surface area contributed by atoms with Crippen LogP contribution in [-0.4, -0.2) is 12.3 Å². The van der Waals surface area contributed by atoms with Gasteiger partial charge in [-0.15, -0.1) is 0 Å². The third-order valence-electron chi connectivity index (χ3n) is 4.57. The number of ketones is 1. The monoisotopic (exact) mass is 343 g/mol. The lowest BCUT2D eigenvalue weighted by Gasteiger charge is -2.09.